The number of fused-ring (bicyclic) bond motifs is 1. The van der Waals surface area contributed by atoms with Crippen LogP contribution in [0.15, 0.2) is 47.3 Å². The minimum atomic E-state index is -1.35. The largest absolute Gasteiger partial charge is 0.494 e. The van der Waals surface area contributed by atoms with Gasteiger partial charge in [0.25, 0.3) is 5.56 Å². The van der Waals surface area contributed by atoms with Crippen LogP contribution in [0.2, 0.25) is 10.0 Å². The molecule has 0 spiro atoms. The van der Waals surface area contributed by atoms with E-state index < -0.39 is 11.5 Å². The maximum Gasteiger partial charge on any atom is 0.324 e. The number of rotatable bonds is 10. The highest BCUT2D eigenvalue weighted by Crippen LogP contribution is 2.32. The van der Waals surface area contributed by atoms with Crippen LogP contribution in [0.5, 0.6) is 5.75 Å². The molecule has 0 amide bonds. The van der Waals surface area contributed by atoms with Crippen molar-refractivity contribution < 1.29 is 14.6 Å². The molecule has 0 saturated carbocycles. The molecule has 39 heavy (non-hydrogen) atoms. The maximum absolute atomic E-state index is 13.2. The Morgan fingerprint density at radius 2 is 1.77 bits per heavy atom. The molecule has 2 aromatic carbocycles. The number of nitrogens with two attached hydrogens (primary N) is 1. The number of carboxylic acid groups (broad SMARTS) is 1. The van der Waals surface area contributed by atoms with Gasteiger partial charge < -0.3 is 20.6 Å². The summed E-state index contributed by atoms with van der Waals surface area (Å²) in [6.07, 6.45) is 0.524. The highest BCUT2D eigenvalue weighted by Gasteiger charge is 2.37. The zero-order valence-electron chi connectivity index (χ0n) is 22.2. The lowest BCUT2D eigenvalue weighted by Crippen LogP contribution is -2.53. The molecule has 206 valence electrons. The lowest BCUT2D eigenvalue weighted by atomic mass is 9.85. The topological polar surface area (TPSA) is 136 Å². The Kier molecular flexibility index (Phi) is 8.34. The molecule has 0 aliphatic heterocycles. The number of hydrogen-bond acceptors (Lipinski definition) is 6. The summed E-state index contributed by atoms with van der Waals surface area (Å²) >= 11 is 12.9. The highest BCUT2D eigenvalue weighted by molar-refractivity contribution is 6.37. The number of nitrogens with zero attached hydrogens (tertiary/aromatic N) is 3. The van der Waals surface area contributed by atoms with E-state index in [4.69, 9.17) is 38.7 Å². The number of carbonyl (C=O) groups is 1. The Balaban J connectivity index is 1.60. The Labute approximate surface area is 235 Å². The fourth-order valence-electron chi connectivity index (χ4n) is 4.31. The first-order valence-electron chi connectivity index (χ1n) is 12.6. The van der Waals surface area contributed by atoms with E-state index in [0.29, 0.717) is 50.5 Å². The van der Waals surface area contributed by atoms with Crippen LogP contribution in [0.1, 0.15) is 57.1 Å². The van der Waals surface area contributed by atoms with Crippen LogP contribution in [0.4, 0.5) is 0 Å². The number of benzene rings is 2. The minimum Gasteiger partial charge on any atom is -0.494 e. The number of aromatic amines is 1. The Morgan fingerprint density at radius 3 is 2.33 bits per heavy atom. The first-order chi connectivity index (χ1) is 18.4. The average Bonchev–Trinajstić information content (AvgIpc) is 3.25. The summed E-state index contributed by atoms with van der Waals surface area (Å²) in [5.41, 5.74) is 6.74. The van der Waals surface area contributed by atoms with Gasteiger partial charge in [0.1, 0.15) is 28.2 Å². The van der Waals surface area contributed by atoms with Crippen molar-refractivity contribution in [2.45, 2.75) is 52.0 Å². The second-order valence-corrected chi connectivity index (χ2v) is 11.0. The number of halogens is 2. The number of H-pyrrole nitrogens is 1. The molecule has 0 saturated heterocycles. The molecule has 1 atom stereocenters. The third-order valence-corrected chi connectivity index (χ3v) is 7.43. The summed E-state index contributed by atoms with van der Waals surface area (Å²) in [7, 11) is 0. The molecule has 0 aliphatic rings. The van der Waals surface area contributed by atoms with E-state index >= 15 is 0 Å². The summed E-state index contributed by atoms with van der Waals surface area (Å²) in [4.78, 5) is 32.4. The van der Waals surface area contributed by atoms with Crippen molar-refractivity contribution in [3.05, 3.63) is 79.9 Å². The molecule has 9 nitrogen and oxygen atoms in total. The fraction of sp³-hybridized carbons (Fsp3) is 0.357. The average molecular weight is 572 g/mol. The second-order valence-electron chi connectivity index (χ2n) is 10.2. The van der Waals surface area contributed by atoms with Crippen LogP contribution >= 0.6 is 23.2 Å². The zero-order chi connectivity index (χ0) is 28.5. The van der Waals surface area contributed by atoms with Gasteiger partial charge in [0, 0.05) is 12.8 Å². The highest BCUT2D eigenvalue weighted by atomic mass is 35.5. The quantitative estimate of drug-likeness (QED) is 0.234. The zero-order valence-corrected chi connectivity index (χ0v) is 23.7. The standard InChI is InChI=1S/C28H31Cl2N5O4/c1-15(2)23-22-25(35(34-23)24-19(29)6-5-7-20(24)30)32-21(33-26(22)36)14-17-8-10-18(11-9-17)39-13-12-28(31,16(3)4)27(37)38/h5-11,15-16H,12-14,31H2,1-4H3,(H,37,38)(H,32,33,36)/t28-/m0/s1. The van der Waals surface area contributed by atoms with Gasteiger partial charge in [0.2, 0.25) is 0 Å². The SMILES string of the molecule is CC(C)c1nn(-c2c(Cl)cccc2Cl)c2nc(Cc3ccc(OCC[C@@](N)(C(=O)O)C(C)C)cc3)[nH]c(=O)c12. The molecular weight excluding hydrogens is 541 g/mol. The minimum absolute atomic E-state index is 0.0308. The van der Waals surface area contributed by atoms with Gasteiger partial charge in [0.15, 0.2) is 5.65 Å². The second kappa shape index (κ2) is 11.4. The predicted octanol–water partition coefficient (Wildman–Crippen LogP) is 5.34. The molecule has 0 radical (unpaired) electrons. The normalized spacial score (nSPS) is 13.3. The summed E-state index contributed by atoms with van der Waals surface area (Å²) in [5.74, 6) is -0.285. The number of aliphatic carboxylic acids is 1. The van der Waals surface area contributed by atoms with Crippen LogP contribution in [0.3, 0.4) is 0 Å². The number of ether oxygens (including phenoxy) is 1. The van der Waals surface area contributed by atoms with Crippen molar-refractivity contribution in [1.82, 2.24) is 19.7 Å². The van der Waals surface area contributed by atoms with Gasteiger partial charge >= 0.3 is 5.97 Å². The third kappa shape index (κ3) is 5.80. The predicted molar refractivity (Wildman–Crippen MR) is 152 cm³/mol. The maximum atomic E-state index is 13.2. The fourth-order valence-corrected chi connectivity index (χ4v) is 4.87. The van der Waals surface area contributed by atoms with E-state index in [1.54, 1.807) is 44.2 Å². The van der Waals surface area contributed by atoms with Gasteiger partial charge in [-0.15, -0.1) is 0 Å². The van der Waals surface area contributed by atoms with E-state index in [1.807, 2.05) is 26.0 Å². The Hall–Kier alpha value is -3.40. The number of para-hydroxylation sites is 1. The van der Waals surface area contributed by atoms with E-state index in [0.717, 1.165) is 5.56 Å². The van der Waals surface area contributed by atoms with E-state index in [-0.39, 0.29) is 30.4 Å². The molecule has 4 aromatic rings. The van der Waals surface area contributed by atoms with E-state index in [1.165, 1.54) is 4.68 Å². The molecule has 11 heteroatoms. The Morgan fingerprint density at radius 1 is 1.13 bits per heavy atom. The van der Waals surface area contributed by atoms with Crippen molar-refractivity contribution in [3.8, 4) is 11.4 Å². The van der Waals surface area contributed by atoms with Gasteiger partial charge in [-0.3, -0.25) is 9.59 Å². The number of aromatic nitrogens is 4. The third-order valence-electron chi connectivity index (χ3n) is 6.82. The summed E-state index contributed by atoms with van der Waals surface area (Å²) in [6, 6.07) is 12.4. The van der Waals surface area contributed by atoms with Gasteiger partial charge in [-0.05, 0) is 41.7 Å². The molecule has 0 unspecified atom stereocenters. The van der Waals surface area contributed by atoms with Gasteiger partial charge in [-0.1, -0.05) is 69.1 Å². The van der Waals surface area contributed by atoms with Crippen LogP contribution < -0.4 is 16.0 Å². The first kappa shape index (κ1) is 28.6. The number of nitrogens with one attached hydrogen (secondary N) is 1. The van der Waals surface area contributed by atoms with Crippen molar-refractivity contribution in [2.24, 2.45) is 11.7 Å². The van der Waals surface area contributed by atoms with Crippen LogP contribution in [-0.2, 0) is 11.2 Å². The first-order valence-corrected chi connectivity index (χ1v) is 13.4. The van der Waals surface area contributed by atoms with Crippen LogP contribution in [0.25, 0.3) is 16.7 Å². The lowest BCUT2D eigenvalue weighted by Gasteiger charge is -2.28. The van der Waals surface area contributed by atoms with Crippen molar-refractivity contribution in [3.63, 3.8) is 0 Å². The van der Waals surface area contributed by atoms with Gasteiger partial charge in [-0.25, -0.2) is 9.67 Å². The molecule has 0 fully saturated rings. The molecule has 0 bridgehead atoms. The summed E-state index contributed by atoms with van der Waals surface area (Å²) in [6.45, 7) is 7.62. The molecule has 4 N–H and O–H groups in total. The molecule has 0 aliphatic carbocycles. The lowest BCUT2D eigenvalue weighted by molar-refractivity contribution is -0.145. The van der Waals surface area contributed by atoms with Crippen LogP contribution in [0, 0.1) is 5.92 Å². The monoisotopic (exact) mass is 571 g/mol. The van der Waals surface area contributed by atoms with Crippen molar-refractivity contribution >= 4 is 40.2 Å². The van der Waals surface area contributed by atoms with Crippen LogP contribution in [-0.4, -0.2) is 43.0 Å². The van der Waals surface area contributed by atoms with Crippen molar-refractivity contribution in [1.29, 1.82) is 0 Å². The van der Waals surface area contributed by atoms with E-state index in [9.17, 15) is 14.7 Å². The summed E-state index contributed by atoms with van der Waals surface area (Å²) < 4.78 is 7.28. The van der Waals surface area contributed by atoms with Crippen molar-refractivity contribution in [2.75, 3.05) is 6.61 Å². The number of hydrogen-bond donors (Lipinski definition) is 3. The molecule has 2 aromatic heterocycles. The molecule has 2 heterocycles. The van der Waals surface area contributed by atoms with Gasteiger partial charge in [0.05, 0.1) is 22.3 Å². The summed E-state index contributed by atoms with van der Waals surface area (Å²) in [5, 5.41) is 15.3. The molecule has 4 rings (SSSR count). The smallest absolute Gasteiger partial charge is 0.324 e. The number of carboxylic acids is 1. The molecular formula is C28H31Cl2N5O4. The van der Waals surface area contributed by atoms with E-state index in [2.05, 4.69) is 10.1 Å². The Bertz CT molecular complexity index is 1540. The van der Waals surface area contributed by atoms with Gasteiger partial charge in [-0.2, -0.15) is 5.10 Å².